The number of aryl methyl sites for hydroxylation is 2. The Kier molecular flexibility index (Phi) is 6.66. The molecule has 0 unspecified atom stereocenters. The van der Waals surface area contributed by atoms with Crippen LogP contribution in [-0.2, 0) is 24.3 Å². The highest BCUT2D eigenvalue weighted by atomic mass is 19.4. The van der Waals surface area contributed by atoms with Crippen LogP contribution in [0.1, 0.15) is 23.2 Å². The predicted molar refractivity (Wildman–Crippen MR) is 104 cm³/mol. The number of fused-ring (bicyclic) bond motifs is 2. The lowest BCUT2D eigenvalue weighted by atomic mass is 10.1. The molecule has 7 nitrogen and oxygen atoms in total. The molecule has 4 rings (SSSR count). The maximum atomic E-state index is 10.6. The fourth-order valence-corrected chi connectivity index (χ4v) is 3.21. The van der Waals surface area contributed by atoms with E-state index < -0.39 is 12.1 Å². The molecular weight excluding hydrogens is 401 g/mol. The van der Waals surface area contributed by atoms with E-state index in [4.69, 9.17) is 14.6 Å². The zero-order valence-corrected chi connectivity index (χ0v) is 16.4. The molecular formula is C20H23F3N4O3. The van der Waals surface area contributed by atoms with Crippen LogP contribution >= 0.6 is 0 Å². The molecule has 0 atom stereocenters. The largest absolute Gasteiger partial charge is 0.490 e. The van der Waals surface area contributed by atoms with Crippen LogP contribution in [0.15, 0.2) is 30.5 Å². The number of aromatic amines is 1. The lowest BCUT2D eigenvalue weighted by Gasteiger charge is -2.13. The van der Waals surface area contributed by atoms with Gasteiger partial charge in [-0.05, 0) is 31.0 Å². The molecule has 1 aliphatic rings. The van der Waals surface area contributed by atoms with E-state index in [0.29, 0.717) is 0 Å². The Balaban J connectivity index is 0.000000318. The van der Waals surface area contributed by atoms with Gasteiger partial charge in [-0.1, -0.05) is 18.2 Å². The van der Waals surface area contributed by atoms with E-state index in [9.17, 15) is 13.2 Å². The molecule has 2 aromatic heterocycles. The van der Waals surface area contributed by atoms with E-state index in [1.807, 2.05) is 10.7 Å². The number of H-pyrrole nitrogens is 1. The van der Waals surface area contributed by atoms with Crippen molar-refractivity contribution in [1.29, 1.82) is 0 Å². The van der Waals surface area contributed by atoms with Gasteiger partial charge in [-0.3, -0.25) is 0 Å². The maximum absolute atomic E-state index is 10.6. The van der Waals surface area contributed by atoms with E-state index in [1.54, 1.807) is 0 Å². The molecule has 0 spiro atoms. The lowest BCUT2D eigenvalue weighted by Crippen LogP contribution is -2.21. The fraction of sp³-hybridized carbons (Fsp3) is 0.400. The number of alkyl halides is 3. The van der Waals surface area contributed by atoms with Crippen molar-refractivity contribution in [2.75, 3.05) is 13.2 Å². The fourth-order valence-electron chi connectivity index (χ4n) is 3.21. The van der Waals surface area contributed by atoms with Gasteiger partial charge in [-0.15, -0.1) is 0 Å². The average molecular weight is 424 g/mol. The maximum Gasteiger partial charge on any atom is 0.490 e. The third-order valence-corrected chi connectivity index (χ3v) is 4.69. The number of nitrogens with zero attached hydrogens (tertiary/aromatic N) is 2. The highest BCUT2D eigenvalue weighted by Gasteiger charge is 2.38. The third-order valence-electron chi connectivity index (χ3n) is 4.69. The summed E-state index contributed by atoms with van der Waals surface area (Å²) in [7, 11) is 0. The van der Waals surface area contributed by atoms with Crippen LogP contribution in [0, 0.1) is 6.92 Å². The van der Waals surface area contributed by atoms with Gasteiger partial charge in [0, 0.05) is 42.7 Å². The number of aromatic nitrogens is 3. The van der Waals surface area contributed by atoms with Crippen LogP contribution in [0.3, 0.4) is 0 Å². The van der Waals surface area contributed by atoms with E-state index in [0.717, 1.165) is 50.7 Å². The first-order chi connectivity index (χ1) is 14.3. The molecule has 30 heavy (non-hydrogen) atoms. The number of hydrogen-bond donors (Lipinski definition) is 3. The summed E-state index contributed by atoms with van der Waals surface area (Å²) < 4.78 is 39.3. The number of hydrogen-bond acceptors (Lipinski definition) is 4. The number of halogens is 3. The van der Waals surface area contributed by atoms with Crippen molar-refractivity contribution in [1.82, 2.24) is 20.1 Å². The van der Waals surface area contributed by atoms with E-state index in [2.05, 4.69) is 46.7 Å². The highest BCUT2D eigenvalue weighted by Crippen LogP contribution is 2.21. The van der Waals surface area contributed by atoms with Crippen molar-refractivity contribution < 1.29 is 27.8 Å². The minimum absolute atomic E-state index is 0.782. The van der Waals surface area contributed by atoms with Crippen molar-refractivity contribution in [3.8, 4) is 5.88 Å². The Morgan fingerprint density at radius 2 is 2.17 bits per heavy atom. The van der Waals surface area contributed by atoms with Crippen molar-refractivity contribution >= 4 is 16.9 Å². The highest BCUT2D eigenvalue weighted by molar-refractivity contribution is 5.85. The first-order valence-corrected chi connectivity index (χ1v) is 9.51. The Bertz CT molecular complexity index is 987. The second-order valence-corrected chi connectivity index (χ2v) is 6.94. The van der Waals surface area contributed by atoms with Crippen molar-refractivity contribution in [3.05, 3.63) is 47.3 Å². The summed E-state index contributed by atoms with van der Waals surface area (Å²) >= 11 is 0. The smallest absolute Gasteiger partial charge is 0.478 e. The van der Waals surface area contributed by atoms with Gasteiger partial charge < -0.3 is 20.1 Å². The number of ether oxygens (including phenoxy) is 1. The van der Waals surface area contributed by atoms with Crippen molar-refractivity contribution in [2.45, 2.75) is 39.0 Å². The number of nitrogens with one attached hydrogen (secondary N) is 2. The van der Waals surface area contributed by atoms with Crippen LogP contribution in [0.5, 0.6) is 5.88 Å². The van der Waals surface area contributed by atoms with E-state index in [1.165, 1.54) is 22.0 Å². The topological polar surface area (TPSA) is 92.2 Å². The summed E-state index contributed by atoms with van der Waals surface area (Å²) in [6.07, 6.45) is -0.905. The number of para-hydroxylation sites is 1. The zero-order chi connectivity index (χ0) is 21.7. The Hall–Kier alpha value is -3.01. The molecule has 0 amide bonds. The average Bonchev–Trinajstić information content (AvgIpc) is 3.29. The number of rotatable bonds is 5. The molecule has 162 valence electrons. The molecule has 3 heterocycles. The van der Waals surface area contributed by atoms with Gasteiger partial charge in [0.25, 0.3) is 0 Å². The number of carboxylic acid groups (broad SMARTS) is 1. The molecule has 0 aliphatic carbocycles. The Morgan fingerprint density at radius 1 is 1.40 bits per heavy atom. The molecule has 0 radical (unpaired) electrons. The summed E-state index contributed by atoms with van der Waals surface area (Å²) in [5.41, 5.74) is 4.96. The van der Waals surface area contributed by atoms with Crippen molar-refractivity contribution in [3.63, 3.8) is 0 Å². The molecule has 0 fully saturated rings. The van der Waals surface area contributed by atoms with E-state index >= 15 is 0 Å². The SMILES string of the molecule is Cc1cccc2c(CCNCc3cc4n(n3)CCCO4)c[nH]c12.O=C(O)C(F)(F)F. The number of aliphatic carboxylic acids is 1. The number of carboxylic acids is 1. The predicted octanol–water partition coefficient (Wildman–Crippen LogP) is 3.42. The van der Waals surface area contributed by atoms with Gasteiger partial charge in [0.1, 0.15) is 0 Å². The first-order valence-electron chi connectivity index (χ1n) is 9.51. The summed E-state index contributed by atoms with van der Waals surface area (Å²) in [4.78, 5) is 12.3. The number of carbonyl (C=O) groups is 1. The van der Waals surface area contributed by atoms with Gasteiger partial charge >= 0.3 is 12.1 Å². The van der Waals surface area contributed by atoms with Crippen LogP contribution in [0.25, 0.3) is 10.9 Å². The summed E-state index contributed by atoms with van der Waals surface area (Å²) in [5.74, 6) is -1.85. The normalized spacial score (nSPS) is 13.3. The molecule has 10 heteroatoms. The van der Waals surface area contributed by atoms with Gasteiger partial charge in [-0.2, -0.15) is 18.3 Å². The van der Waals surface area contributed by atoms with Crippen LogP contribution < -0.4 is 10.1 Å². The second-order valence-electron chi connectivity index (χ2n) is 6.94. The van der Waals surface area contributed by atoms with Gasteiger partial charge in [0.2, 0.25) is 5.88 Å². The summed E-state index contributed by atoms with van der Waals surface area (Å²) in [5, 5.41) is 16.5. The summed E-state index contributed by atoms with van der Waals surface area (Å²) in [6.45, 7) is 5.63. The third kappa shape index (κ3) is 5.32. The number of benzene rings is 1. The van der Waals surface area contributed by atoms with Gasteiger partial charge in [-0.25, -0.2) is 9.48 Å². The molecule has 3 aromatic rings. The van der Waals surface area contributed by atoms with Gasteiger partial charge in [0.05, 0.1) is 12.3 Å². The minimum Gasteiger partial charge on any atom is -0.478 e. The molecule has 0 saturated carbocycles. The summed E-state index contributed by atoms with van der Waals surface area (Å²) in [6, 6.07) is 8.50. The molecule has 1 aromatic carbocycles. The first kappa shape index (κ1) is 21.7. The van der Waals surface area contributed by atoms with Crippen molar-refractivity contribution in [2.24, 2.45) is 0 Å². The lowest BCUT2D eigenvalue weighted by molar-refractivity contribution is -0.192. The standard InChI is InChI=1S/C18H22N4O.C2HF3O2/c1-13-4-2-5-16-14(11-20-18(13)16)6-7-19-12-15-10-17-22(21-15)8-3-9-23-17;3-2(4,5)1(6)7/h2,4-5,10-11,19-20H,3,6-9,12H2,1H3;(H,6,7). The zero-order valence-electron chi connectivity index (χ0n) is 16.4. The molecule has 0 bridgehead atoms. The Morgan fingerprint density at radius 3 is 2.87 bits per heavy atom. The molecule has 3 N–H and O–H groups in total. The minimum atomic E-state index is -5.08. The Labute approximate surface area is 170 Å². The monoisotopic (exact) mass is 424 g/mol. The second kappa shape index (κ2) is 9.21. The van der Waals surface area contributed by atoms with Crippen LogP contribution in [-0.4, -0.2) is 45.2 Å². The van der Waals surface area contributed by atoms with Crippen LogP contribution in [0.4, 0.5) is 13.2 Å². The molecule has 0 saturated heterocycles. The van der Waals surface area contributed by atoms with E-state index in [-0.39, 0.29) is 0 Å². The molecule has 1 aliphatic heterocycles. The van der Waals surface area contributed by atoms with Crippen LogP contribution in [0.2, 0.25) is 0 Å². The quantitative estimate of drug-likeness (QED) is 0.546. The van der Waals surface area contributed by atoms with Gasteiger partial charge in [0.15, 0.2) is 0 Å².